The number of rotatable bonds is 4. The zero-order valence-electron chi connectivity index (χ0n) is 13.3. The number of nitrogens with zero attached hydrogens (tertiary/aromatic N) is 2. The molecule has 5 nitrogen and oxygen atoms in total. The molecule has 0 bridgehead atoms. The number of carbonyl (C=O) groups is 2. The smallest absolute Gasteiger partial charge is 0.317 e. The van der Waals surface area contributed by atoms with E-state index in [4.69, 9.17) is 5.11 Å². The predicted molar refractivity (Wildman–Crippen MR) is 85.0 cm³/mol. The first-order valence-corrected chi connectivity index (χ1v) is 7.75. The van der Waals surface area contributed by atoms with E-state index >= 15 is 0 Å². The number of likely N-dealkylation sites (tertiary alicyclic amines) is 1. The van der Waals surface area contributed by atoms with Crippen LogP contribution in [0.3, 0.4) is 0 Å². The number of hydrogen-bond acceptors (Lipinski definition) is 3. The standard InChI is InChI=1S/C17H24N2O3/c1-13-5-3-6-14(11-13)17(22)19-9-4-7-15(8-10-19)18(2)12-16(20)21/h3,5-6,11,15H,4,7-10,12H2,1-2H3,(H,20,21). The minimum atomic E-state index is -0.806. The van der Waals surface area contributed by atoms with E-state index in [0.29, 0.717) is 6.54 Å². The van der Waals surface area contributed by atoms with Crippen molar-refractivity contribution in [1.82, 2.24) is 9.80 Å². The maximum absolute atomic E-state index is 12.6. The van der Waals surface area contributed by atoms with E-state index in [-0.39, 0.29) is 18.5 Å². The molecule has 0 aromatic heterocycles. The number of carbonyl (C=O) groups excluding carboxylic acids is 1. The van der Waals surface area contributed by atoms with Gasteiger partial charge in [-0.25, -0.2) is 0 Å². The largest absolute Gasteiger partial charge is 0.480 e. The summed E-state index contributed by atoms with van der Waals surface area (Å²) in [6, 6.07) is 7.89. The molecule has 120 valence electrons. The van der Waals surface area contributed by atoms with Crippen LogP contribution in [0.25, 0.3) is 0 Å². The highest BCUT2D eigenvalue weighted by Gasteiger charge is 2.24. The van der Waals surface area contributed by atoms with Crippen molar-refractivity contribution < 1.29 is 14.7 Å². The molecule has 1 heterocycles. The van der Waals surface area contributed by atoms with Crippen molar-refractivity contribution in [2.24, 2.45) is 0 Å². The van der Waals surface area contributed by atoms with Gasteiger partial charge >= 0.3 is 5.97 Å². The fourth-order valence-corrected chi connectivity index (χ4v) is 3.03. The lowest BCUT2D eigenvalue weighted by molar-refractivity contribution is -0.138. The van der Waals surface area contributed by atoms with Gasteiger partial charge in [0.1, 0.15) is 0 Å². The van der Waals surface area contributed by atoms with Crippen molar-refractivity contribution in [3.8, 4) is 0 Å². The molecule has 1 atom stereocenters. The van der Waals surface area contributed by atoms with Gasteiger partial charge in [0.15, 0.2) is 0 Å². The van der Waals surface area contributed by atoms with Gasteiger partial charge in [-0.3, -0.25) is 14.5 Å². The van der Waals surface area contributed by atoms with Crippen LogP contribution < -0.4 is 0 Å². The molecule has 1 aliphatic heterocycles. The predicted octanol–water partition coefficient (Wildman–Crippen LogP) is 2.01. The number of carboxylic acids is 1. The first-order valence-electron chi connectivity index (χ1n) is 7.75. The minimum absolute atomic E-state index is 0.0521. The molecule has 0 saturated carbocycles. The molecule has 0 radical (unpaired) electrons. The quantitative estimate of drug-likeness (QED) is 0.924. The van der Waals surface area contributed by atoms with Gasteiger partial charge in [0.2, 0.25) is 0 Å². The monoisotopic (exact) mass is 304 g/mol. The van der Waals surface area contributed by atoms with Gasteiger partial charge in [0.05, 0.1) is 6.54 Å². The molecule has 1 aromatic carbocycles. The van der Waals surface area contributed by atoms with Gasteiger partial charge in [-0.15, -0.1) is 0 Å². The molecule has 1 saturated heterocycles. The summed E-state index contributed by atoms with van der Waals surface area (Å²) in [4.78, 5) is 27.2. The van der Waals surface area contributed by atoms with Crippen LogP contribution in [0.5, 0.6) is 0 Å². The molecule has 1 fully saturated rings. The van der Waals surface area contributed by atoms with E-state index in [1.165, 1.54) is 0 Å². The Morgan fingerprint density at radius 3 is 2.77 bits per heavy atom. The SMILES string of the molecule is Cc1cccc(C(=O)N2CCCC(N(C)CC(=O)O)CC2)c1. The molecule has 1 aromatic rings. The number of hydrogen-bond donors (Lipinski definition) is 1. The highest BCUT2D eigenvalue weighted by molar-refractivity contribution is 5.94. The van der Waals surface area contributed by atoms with E-state index < -0.39 is 5.97 Å². The third kappa shape index (κ3) is 4.31. The van der Waals surface area contributed by atoms with Crippen LogP contribution in [0, 0.1) is 6.92 Å². The second kappa shape index (κ2) is 7.40. The lowest BCUT2D eigenvalue weighted by Crippen LogP contribution is -2.37. The molecular weight excluding hydrogens is 280 g/mol. The summed E-state index contributed by atoms with van der Waals surface area (Å²) in [7, 11) is 1.84. The Bertz CT molecular complexity index is 544. The van der Waals surface area contributed by atoms with Crippen molar-refractivity contribution in [3.63, 3.8) is 0 Å². The number of likely N-dealkylation sites (N-methyl/N-ethyl adjacent to an activating group) is 1. The summed E-state index contributed by atoms with van der Waals surface area (Å²) >= 11 is 0. The highest BCUT2D eigenvalue weighted by atomic mass is 16.4. The Labute approximate surface area is 131 Å². The van der Waals surface area contributed by atoms with Crippen LogP contribution in [0.4, 0.5) is 0 Å². The fraction of sp³-hybridized carbons (Fsp3) is 0.529. The first-order chi connectivity index (χ1) is 10.5. The Balaban J connectivity index is 1.98. The number of carboxylic acid groups (broad SMARTS) is 1. The van der Waals surface area contributed by atoms with Crippen molar-refractivity contribution in [1.29, 1.82) is 0 Å². The molecule has 0 aliphatic carbocycles. The molecule has 1 aliphatic rings. The van der Waals surface area contributed by atoms with E-state index in [1.807, 2.05) is 48.0 Å². The van der Waals surface area contributed by atoms with Gasteiger partial charge in [-0.05, 0) is 45.4 Å². The van der Waals surface area contributed by atoms with Crippen molar-refractivity contribution in [3.05, 3.63) is 35.4 Å². The summed E-state index contributed by atoms with van der Waals surface area (Å²) in [5.74, 6) is -0.732. The topological polar surface area (TPSA) is 60.9 Å². The Kier molecular flexibility index (Phi) is 5.55. The molecule has 1 N–H and O–H groups in total. The van der Waals surface area contributed by atoms with Crippen LogP contribution in [-0.4, -0.2) is 59.5 Å². The molecule has 5 heteroatoms. The first kappa shape index (κ1) is 16.5. The van der Waals surface area contributed by atoms with E-state index in [1.54, 1.807) is 0 Å². The summed E-state index contributed by atoms with van der Waals surface area (Å²) < 4.78 is 0. The third-order valence-electron chi connectivity index (χ3n) is 4.26. The molecule has 0 spiro atoms. The Hall–Kier alpha value is -1.88. The Morgan fingerprint density at radius 2 is 2.09 bits per heavy atom. The lowest BCUT2D eigenvalue weighted by Gasteiger charge is -2.25. The van der Waals surface area contributed by atoms with Crippen LogP contribution in [0.1, 0.15) is 35.2 Å². The van der Waals surface area contributed by atoms with Crippen LogP contribution >= 0.6 is 0 Å². The Morgan fingerprint density at radius 1 is 1.32 bits per heavy atom. The van der Waals surface area contributed by atoms with Gasteiger partial charge in [0.25, 0.3) is 5.91 Å². The fourth-order valence-electron chi connectivity index (χ4n) is 3.03. The van der Waals surface area contributed by atoms with Gasteiger partial charge in [-0.1, -0.05) is 17.7 Å². The van der Waals surface area contributed by atoms with Crippen LogP contribution in [0.2, 0.25) is 0 Å². The van der Waals surface area contributed by atoms with Gasteiger partial charge in [0, 0.05) is 24.7 Å². The number of benzene rings is 1. The average Bonchev–Trinajstić information content (AvgIpc) is 2.71. The zero-order chi connectivity index (χ0) is 16.1. The summed E-state index contributed by atoms with van der Waals surface area (Å²) in [5.41, 5.74) is 1.82. The van der Waals surface area contributed by atoms with Crippen molar-refractivity contribution in [2.75, 3.05) is 26.7 Å². The molecule has 1 amide bonds. The minimum Gasteiger partial charge on any atom is -0.480 e. The number of aliphatic carboxylic acids is 1. The van der Waals surface area contributed by atoms with Crippen molar-refractivity contribution >= 4 is 11.9 Å². The number of aryl methyl sites for hydroxylation is 1. The second-order valence-corrected chi connectivity index (χ2v) is 6.06. The normalized spacial score (nSPS) is 19.0. The van der Waals surface area contributed by atoms with E-state index in [2.05, 4.69) is 0 Å². The summed E-state index contributed by atoms with van der Waals surface area (Å²) in [6.07, 6.45) is 2.66. The van der Waals surface area contributed by atoms with E-state index in [0.717, 1.165) is 36.9 Å². The molecule has 2 rings (SSSR count). The second-order valence-electron chi connectivity index (χ2n) is 6.06. The van der Waals surface area contributed by atoms with Crippen LogP contribution in [-0.2, 0) is 4.79 Å². The van der Waals surface area contributed by atoms with Gasteiger partial charge in [-0.2, -0.15) is 0 Å². The van der Waals surface area contributed by atoms with Crippen molar-refractivity contribution in [2.45, 2.75) is 32.2 Å². The van der Waals surface area contributed by atoms with E-state index in [9.17, 15) is 9.59 Å². The highest BCUT2D eigenvalue weighted by Crippen LogP contribution is 2.18. The maximum atomic E-state index is 12.6. The summed E-state index contributed by atoms with van der Waals surface area (Å²) in [6.45, 7) is 3.46. The molecule has 1 unspecified atom stereocenters. The molecular formula is C17H24N2O3. The number of amides is 1. The van der Waals surface area contributed by atoms with Crippen LogP contribution in [0.15, 0.2) is 24.3 Å². The lowest BCUT2D eigenvalue weighted by atomic mass is 10.1. The van der Waals surface area contributed by atoms with Gasteiger partial charge < -0.3 is 10.0 Å². The average molecular weight is 304 g/mol. The summed E-state index contributed by atoms with van der Waals surface area (Å²) in [5, 5.41) is 8.89. The zero-order valence-corrected chi connectivity index (χ0v) is 13.3. The maximum Gasteiger partial charge on any atom is 0.317 e. The molecule has 22 heavy (non-hydrogen) atoms. The third-order valence-corrected chi connectivity index (χ3v) is 4.26.